The lowest BCUT2D eigenvalue weighted by molar-refractivity contribution is -0.385. The summed E-state index contributed by atoms with van der Waals surface area (Å²) in [5.74, 6) is 0.553. The van der Waals surface area contributed by atoms with Gasteiger partial charge in [0.25, 0.3) is 5.69 Å². The predicted octanol–water partition coefficient (Wildman–Crippen LogP) is 1.96. The van der Waals surface area contributed by atoms with Crippen LogP contribution in [0.1, 0.15) is 11.1 Å². The van der Waals surface area contributed by atoms with E-state index in [2.05, 4.69) is 14.8 Å². The molecular formula is C16H15N5O4S. The lowest BCUT2D eigenvalue weighted by atomic mass is 10.2. The van der Waals surface area contributed by atoms with Gasteiger partial charge in [0, 0.05) is 36.8 Å². The number of aromatic nitrogens is 3. The number of nitro groups is 1. The number of aryl methyl sites for hydroxylation is 1. The maximum Gasteiger partial charge on any atom is 0.273 e. The number of sulfonamides is 1. The molecule has 0 saturated heterocycles. The number of rotatable bonds is 6. The van der Waals surface area contributed by atoms with E-state index >= 15 is 0 Å². The Balaban J connectivity index is 1.80. The van der Waals surface area contributed by atoms with Crippen molar-refractivity contribution in [2.45, 2.75) is 18.4 Å². The molecule has 0 saturated carbocycles. The van der Waals surface area contributed by atoms with E-state index < -0.39 is 14.9 Å². The highest BCUT2D eigenvalue weighted by molar-refractivity contribution is 7.89. The van der Waals surface area contributed by atoms with Gasteiger partial charge in [0.15, 0.2) is 5.82 Å². The molecule has 2 heterocycles. The molecular weight excluding hydrogens is 358 g/mol. The summed E-state index contributed by atoms with van der Waals surface area (Å²) in [6.07, 6.45) is 4.89. The van der Waals surface area contributed by atoms with E-state index in [9.17, 15) is 18.5 Å². The van der Waals surface area contributed by atoms with Crippen molar-refractivity contribution in [1.82, 2.24) is 19.5 Å². The Morgan fingerprint density at radius 2 is 2.04 bits per heavy atom. The zero-order valence-corrected chi connectivity index (χ0v) is 14.5. The molecule has 3 aromatic rings. The van der Waals surface area contributed by atoms with Crippen molar-refractivity contribution >= 4 is 15.7 Å². The van der Waals surface area contributed by atoms with Gasteiger partial charge in [-0.3, -0.25) is 10.1 Å². The van der Waals surface area contributed by atoms with Crippen LogP contribution >= 0.6 is 0 Å². The van der Waals surface area contributed by atoms with Crippen molar-refractivity contribution in [3.05, 3.63) is 76.2 Å². The van der Waals surface area contributed by atoms with E-state index in [0.29, 0.717) is 16.9 Å². The number of pyridine rings is 1. The lowest BCUT2D eigenvalue weighted by Crippen LogP contribution is -2.23. The molecule has 0 amide bonds. The van der Waals surface area contributed by atoms with E-state index in [-0.39, 0.29) is 17.1 Å². The molecule has 1 aromatic carbocycles. The Kier molecular flexibility index (Phi) is 4.78. The second kappa shape index (κ2) is 7.02. The van der Waals surface area contributed by atoms with E-state index in [0.717, 1.165) is 6.07 Å². The molecule has 3 rings (SSSR count). The van der Waals surface area contributed by atoms with Gasteiger partial charge in [-0.05, 0) is 36.8 Å². The third-order valence-electron chi connectivity index (χ3n) is 3.70. The Hall–Kier alpha value is -3.11. The molecule has 0 aliphatic heterocycles. The van der Waals surface area contributed by atoms with Crippen LogP contribution in [0.15, 0.2) is 59.9 Å². The van der Waals surface area contributed by atoms with Crippen LogP contribution in [-0.2, 0) is 16.6 Å². The average molecular weight is 373 g/mol. The van der Waals surface area contributed by atoms with Crippen LogP contribution in [0, 0.1) is 17.0 Å². The van der Waals surface area contributed by atoms with Gasteiger partial charge in [-0.2, -0.15) is 5.10 Å². The summed E-state index contributed by atoms with van der Waals surface area (Å²) >= 11 is 0. The molecule has 2 aromatic heterocycles. The van der Waals surface area contributed by atoms with Crippen molar-refractivity contribution in [3.8, 4) is 5.82 Å². The van der Waals surface area contributed by atoms with Crippen LogP contribution < -0.4 is 4.72 Å². The number of hydrogen-bond acceptors (Lipinski definition) is 6. The quantitative estimate of drug-likeness (QED) is 0.521. The minimum atomic E-state index is -3.90. The summed E-state index contributed by atoms with van der Waals surface area (Å²) in [4.78, 5) is 14.4. The summed E-state index contributed by atoms with van der Waals surface area (Å²) < 4.78 is 28.9. The highest BCUT2D eigenvalue weighted by atomic mass is 32.2. The minimum Gasteiger partial charge on any atom is -0.258 e. The molecule has 0 atom stereocenters. The van der Waals surface area contributed by atoms with E-state index in [4.69, 9.17) is 0 Å². The zero-order chi connectivity index (χ0) is 18.7. The standard InChI is InChI=1S/C16H15N5O4S/c1-12-3-4-14(10-15(12)21(22)23)26(24,25)19-11-13-5-7-17-16(9-13)20-8-2-6-18-20/h2-10,19H,11H2,1H3. The largest absolute Gasteiger partial charge is 0.273 e. The van der Waals surface area contributed by atoms with Crippen LogP contribution in [0.4, 0.5) is 5.69 Å². The van der Waals surface area contributed by atoms with E-state index in [1.165, 1.54) is 12.1 Å². The maximum atomic E-state index is 12.4. The molecule has 0 aliphatic carbocycles. The summed E-state index contributed by atoms with van der Waals surface area (Å²) in [6.45, 7) is 1.57. The molecule has 10 heteroatoms. The highest BCUT2D eigenvalue weighted by Gasteiger charge is 2.19. The Bertz CT molecular complexity index is 1050. The van der Waals surface area contributed by atoms with Crippen LogP contribution in [0.3, 0.4) is 0 Å². The first kappa shape index (κ1) is 17.7. The first-order valence-electron chi connectivity index (χ1n) is 7.56. The third-order valence-corrected chi connectivity index (χ3v) is 5.10. The van der Waals surface area contributed by atoms with Gasteiger partial charge in [0.1, 0.15) is 0 Å². The first-order valence-corrected chi connectivity index (χ1v) is 9.05. The molecule has 0 unspecified atom stereocenters. The monoisotopic (exact) mass is 373 g/mol. The zero-order valence-electron chi connectivity index (χ0n) is 13.7. The van der Waals surface area contributed by atoms with Crippen molar-refractivity contribution in [2.24, 2.45) is 0 Å². The maximum absolute atomic E-state index is 12.4. The molecule has 0 fully saturated rings. The van der Waals surface area contributed by atoms with E-state index in [1.54, 1.807) is 48.4 Å². The molecule has 134 valence electrons. The topological polar surface area (TPSA) is 120 Å². The lowest BCUT2D eigenvalue weighted by Gasteiger charge is -2.08. The molecule has 26 heavy (non-hydrogen) atoms. The molecule has 0 spiro atoms. The van der Waals surface area contributed by atoms with Gasteiger partial charge in [-0.15, -0.1) is 0 Å². The van der Waals surface area contributed by atoms with Gasteiger partial charge >= 0.3 is 0 Å². The van der Waals surface area contributed by atoms with Crippen LogP contribution in [0.25, 0.3) is 5.82 Å². The van der Waals surface area contributed by atoms with Gasteiger partial charge in [-0.1, -0.05) is 6.07 Å². The number of benzene rings is 1. The second-order valence-electron chi connectivity index (χ2n) is 5.50. The number of hydrogen-bond donors (Lipinski definition) is 1. The summed E-state index contributed by atoms with van der Waals surface area (Å²) in [6, 6.07) is 8.93. The summed E-state index contributed by atoms with van der Waals surface area (Å²) in [5.41, 5.74) is 0.834. The second-order valence-corrected chi connectivity index (χ2v) is 7.27. The number of nitrogens with zero attached hydrogens (tertiary/aromatic N) is 4. The van der Waals surface area contributed by atoms with Gasteiger partial charge in [-0.25, -0.2) is 22.8 Å². The van der Waals surface area contributed by atoms with Crippen molar-refractivity contribution in [2.75, 3.05) is 0 Å². The van der Waals surface area contributed by atoms with Gasteiger partial charge in [0.05, 0.1) is 9.82 Å². The molecule has 0 radical (unpaired) electrons. The van der Waals surface area contributed by atoms with Crippen LogP contribution in [-0.4, -0.2) is 28.1 Å². The minimum absolute atomic E-state index is 0.0147. The fraction of sp³-hybridized carbons (Fsp3) is 0.125. The van der Waals surface area contributed by atoms with E-state index in [1.807, 2.05) is 0 Å². The Labute approximate surface area is 149 Å². The van der Waals surface area contributed by atoms with Crippen LogP contribution in [0.2, 0.25) is 0 Å². The number of nitrogens with one attached hydrogen (secondary N) is 1. The first-order chi connectivity index (χ1) is 12.4. The fourth-order valence-corrected chi connectivity index (χ4v) is 3.35. The van der Waals surface area contributed by atoms with Crippen molar-refractivity contribution < 1.29 is 13.3 Å². The Morgan fingerprint density at radius 3 is 2.73 bits per heavy atom. The van der Waals surface area contributed by atoms with Crippen LogP contribution in [0.5, 0.6) is 0 Å². The van der Waals surface area contributed by atoms with Crippen molar-refractivity contribution in [3.63, 3.8) is 0 Å². The molecule has 0 bridgehead atoms. The van der Waals surface area contributed by atoms with Gasteiger partial charge < -0.3 is 0 Å². The smallest absolute Gasteiger partial charge is 0.258 e. The summed E-state index contributed by atoms with van der Waals surface area (Å²) in [7, 11) is -3.90. The summed E-state index contributed by atoms with van der Waals surface area (Å²) in [5, 5.41) is 15.1. The van der Waals surface area contributed by atoms with Gasteiger partial charge in [0.2, 0.25) is 10.0 Å². The predicted molar refractivity (Wildman–Crippen MR) is 93.2 cm³/mol. The molecule has 0 aliphatic rings. The SMILES string of the molecule is Cc1ccc(S(=O)(=O)NCc2ccnc(-n3cccn3)c2)cc1[N+](=O)[O-]. The third kappa shape index (κ3) is 3.76. The molecule has 9 nitrogen and oxygen atoms in total. The fourth-order valence-electron chi connectivity index (χ4n) is 2.31. The normalized spacial score (nSPS) is 11.4. The average Bonchev–Trinajstić information content (AvgIpc) is 3.15. The van der Waals surface area contributed by atoms with Crippen molar-refractivity contribution in [1.29, 1.82) is 0 Å². The highest BCUT2D eigenvalue weighted by Crippen LogP contribution is 2.22. The Morgan fingerprint density at radius 1 is 1.23 bits per heavy atom. The molecule has 1 N–H and O–H groups in total. The number of nitro benzene ring substituents is 1.